The highest BCUT2D eigenvalue weighted by Crippen LogP contribution is 2.40. The zero-order valence-electron chi connectivity index (χ0n) is 18.9. The fourth-order valence-corrected chi connectivity index (χ4v) is 4.96. The largest absolute Gasteiger partial charge is 0.452 e. The van der Waals surface area contributed by atoms with Crippen molar-refractivity contribution in [1.29, 1.82) is 10.5 Å². The Labute approximate surface area is 205 Å². The molecule has 0 unspecified atom stereocenters. The first-order valence-corrected chi connectivity index (χ1v) is 11.5. The summed E-state index contributed by atoms with van der Waals surface area (Å²) in [4.78, 5) is 0. The fraction of sp³-hybridized carbons (Fsp3) is 0. The van der Waals surface area contributed by atoms with Crippen LogP contribution < -0.4 is 0 Å². The summed E-state index contributed by atoms with van der Waals surface area (Å²) in [6.45, 7) is 0. The monoisotopic (exact) mass is 460 g/mol. The predicted octanol–water partition coefficient (Wildman–Crippen LogP) is 8.56. The lowest BCUT2D eigenvalue weighted by Gasteiger charge is -2.02. The van der Waals surface area contributed by atoms with Gasteiger partial charge in [0.1, 0.15) is 11.2 Å². The van der Waals surface area contributed by atoms with Gasteiger partial charge in [0.05, 0.1) is 23.3 Å². The Morgan fingerprint density at radius 3 is 1.33 bits per heavy atom. The molecule has 0 aliphatic rings. The maximum Gasteiger partial charge on any atom is 0.178 e. The molecule has 0 N–H and O–H groups in total. The molecule has 2 heterocycles. The molecule has 0 atom stereocenters. The smallest absolute Gasteiger partial charge is 0.178 e. The Kier molecular flexibility index (Phi) is 4.24. The Morgan fingerprint density at radius 1 is 0.444 bits per heavy atom. The quantitative estimate of drug-likeness (QED) is 0.259. The average Bonchev–Trinajstić information content (AvgIpc) is 3.50. The molecule has 4 heteroatoms. The van der Waals surface area contributed by atoms with Crippen LogP contribution >= 0.6 is 0 Å². The van der Waals surface area contributed by atoms with Crippen LogP contribution in [0.15, 0.2) is 106 Å². The summed E-state index contributed by atoms with van der Waals surface area (Å²) in [5.41, 5.74) is 8.29. The molecule has 7 aromatic rings. The number of hydrogen-bond donors (Lipinski definition) is 0. The van der Waals surface area contributed by atoms with Gasteiger partial charge in [0.15, 0.2) is 11.2 Å². The van der Waals surface area contributed by atoms with Gasteiger partial charge in [0.25, 0.3) is 0 Å². The number of hydrogen-bond acceptors (Lipinski definition) is 4. The second kappa shape index (κ2) is 7.60. The summed E-state index contributed by atoms with van der Waals surface area (Å²) in [7, 11) is 0. The van der Waals surface area contributed by atoms with Gasteiger partial charge in [-0.25, -0.2) is 0 Å². The van der Waals surface area contributed by atoms with Crippen molar-refractivity contribution >= 4 is 43.9 Å². The molecule has 0 amide bonds. The minimum absolute atomic E-state index is 0.632. The number of rotatable bonds is 2. The number of benzene rings is 5. The number of fused-ring (bicyclic) bond motifs is 7. The van der Waals surface area contributed by atoms with Crippen molar-refractivity contribution in [3.63, 3.8) is 0 Å². The van der Waals surface area contributed by atoms with Crippen LogP contribution in [0.4, 0.5) is 0 Å². The third-order valence-corrected chi connectivity index (χ3v) is 6.73. The lowest BCUT2D eigenvalue weighted by molar-refractivity contribution is 0.633. The third-order valence-electron chi connectivity index (χ3n) is 6.73. The van der Waals surface area contributed by atoms with Crippen molar-refractivity contribution < 1.29 is 8.83 Å². The maximum absolute atomic E-state index is 9.27. The van der Waals surface area contributed by atoms with Crippen molar-refractivity contribution in [2.45, 2.75) is 0 Å². The minimum Gasteiger partial charge on any atom is -0.452 e. The zero-order valence-corrected chi connectivity index (χ0v) is 18.9. The predicted molar refractivity (Wildman–Crippen MR) is 141 cm³/mol. The van der Waals surface area contributed by atoms with Gasteiger partial charge in [-0.05, 0) is 82.9 Å². The zero-order chi connectivity index (χ0) is 24.2. The van der Waals surface area contributed by atoms with Crippen LogP contribution in [0.2, 0.25) is 0 Å². The van der Waals surface area contributed by atoms with Crippen LogP contribution in [0.5, 0.6) is 0 Å². The first-order chi connectivity index (χ1) is 17.7. The molecule has 5 aromatic carbocycles. The van der Waals surface area contributed by atoms with Gasteiger partial charge in [0.2, 0.25) is 0 Å². The summed E-state index contributed by atoms with van der Waals surface area (Å²) >= 11 is 0. The lowest BCUT2D eigenvalue weighted by atomic mass is 10.00. The van der Waals surface area contributed by atoms with Gasteiger partial charge in [-0.2, -0.15) is 10.5 Å². The van der Waals surface area contributed by atoms with Crippen LogP contribution in [-0.4, -0.2) is 0 Å². The van der Waals surface area contributed by atoms with Crippen LogP contribution in [-0.2, 0) is 0 Å². The number of nitriles is 2. The van der Waals surface area contributed by atoms with Gasteiger partial charge in [-0.15, -0.1) is 0 Å². The van der Waals surface area contributed by atoms with E-state index in [2.05, 4.69) is 36.4 Å². The molecule has 7 rings (SSSR count). The molecule has 2 aromatic heterocycles. The van der Waals surface area contributed by atoms with Crippen molar-refractivity contribution in [3.8, 4) is 34.4 Å². The normalized spacial score (nSPS) is 11.3. The van der Waals surface area contributed by atoms with Gasteiger partial charge >= 0.3 is 0 Å². The maximum atomic E-state index is 9.27. The summed E-state index contributed by atoms with van der Waals surface area (Å²) in [5, 5.41) is 22.5. The third kappa shape index (κ3) is 2.99. The summed E-state index contributed by atoms with van der Waals surface area (Å²) < 4.78 is 12.6. The highest BCUT2D eigenvalue weighted by atomic mass is 16.4. The van der Waals surface area contributed by atoms with Crippen molar-refractivity contribution in [3.05, 3.63) is 108 Å². The lowest BCUT2D eigenvalue weighted by Crippen LogP contribution is -1.80. The highest BCUT2D eigenvalue weighted by Gasteiger charge is 2.17. The summed E-state index contributed by atoms with van der Waals surface area (Å²) in [5.74, 6) is 0. The minimum atomic E-state index is 0.632. The van der Waals surface area contributed by atoms with Crippen LogP contribution in [0, 0.1) is 22.7 Å². The molecular formula is C32H16N2O2. The number of furan rings is 2. The van der Waals surface area contributed by atoms with Gasteiger partial charge in [0, 0.05) is 21.5 Å². The Bertz CT molecular complexity index is 1930. The molecule has 0 saturated heterocycles. The molecule has 36 heavy (non-hydrogen) atoms. The van der Waals surface area contributed by atoms with E-state index >= 15 is 0 Å². The van der Waals surface area contributed by atoms with Crippen LogP contribution in [0.25, 0.3) is 66.1 Å². The SMILES string of the molecule is N#Cc1cccc(-c2ccc3oc4c(ccc5c6cc(-c7cccc(C#N)c7)ccc6oc54)c3c2)c1. The second-order valence-corrected chi connectivity index (χ2v) is 8.83. The van der Waals surface area contributed by atoms with Crippen molar-refractivity contribution in [1.82, 2.24) is 0 Å². The van der Waals surface area contributed by atoms with Crippen LogP contribution in [0.3, 0.4) is 0 Å². The van der Waals surface area contributed by atoms with E-state index in [9.17, 15) is 10.5 Å². The molecule has 0 saturated carbocycles. The molecule has 0 radical (unpaired) electrons. The van der Waals surface area contributed by atoms with Crippen LogP contribution in [0.1, 0.15) is 11.1 Å². The van der Waals surface area contributed by atoms with E-state index in [0.29, 0.717) is 11.1 Å². The highest BCUT2D eigenvalue weighted by molar-refractivity contribution is 6.19. The first-order valence-electron chi connectivity index (χ1n) is 11.5. The number of nitrogens with zero attached hydrogens (tertiary/aromatic N) is 2. The molecule has 0 aliphatic heterocycles. The van der Waals surface area contributed by atoms with E-state index in [1.54, 1.807) is 12.1 Å². The van der Waals surface area contributed by atoms with Crippen molar-refractivity contribution in [2.75, 3.05) is 0 Å². The average molecular weight is 460 g/mol. The standard InChI is InChI=1S/C32H16N2O2/c33-17-19-3-1-5-21(13-19)23-7-11-29-27(15-23)25-9-10-26-28-16-24(22-6-2-4-20(14-22)18-34)8-12-30(28)36-32(26)31(25)35-29/h1-16H. The van der Waals surface area contributed by atoms with Gasteiger partial charge in [-0.1, -0.05) is 36.4 Å². The van der Waals surface area contributed by atoms with E-state index in [4.69, 9.17) is 8.83 Å². The van der Waals surface area contributed by atoms with Gasteiger partial charge in [-0.3, -0.25) is 0 Å². The van der Waals surface area contributed by atoms with Gasteiger partial charge < -0.3 is 8.83 Å². The van der Waals surface area contributed by atoms with E-state index in [1.165, 1.54) is 0 Å². The molecule has 0 fully saturated rings. The second-order valence-electron chi connectivity index (χ2n) is 8.83. The Balaban J connectivity index is 1.42. The molecule has 4 nitrogen and oxygen atoms in total. The molecule has 0 bridgehead atoms. The Morgan fingerprint density at radius 2 is 0.889 bits per heavy atom. The first kappa shape index (κ1) is 20.1. The molecular weight excluding hydrogens is 444 g/mol. The van der Waals surface area contributed by atoms with E-state index < -0.39 is 0 Å². The Hall–Kier alpha value is -5.32. The van der Waals surface area contributed by atoms with Crippen molar-refractivity contribution in [2.24, 2.45) is 0 Å². The van der Waals surface area contributed by atoms with E-state index in [0.717, 1.165) is 66.1 Å². The summed E-state index contributed by atoms with van der Waals surface area (Å²) in [6, 6.07) is 35.9. The van der Waals surface area contributed by atoms with E-state index in [1.807, 2.05) is 60.7 Å². The fourth-order valence-electron chi connectivity index (χ4n) is 4.96. The topological polar surface area (TPSA) is 73.9 Å². The summed E-state index contributed by atoms with van der Waals surface area (Å²) in [6.07, 6.45) is 0. The molecule has 0 spiro atoms. The molecule has 166 valence electrons. The van der Waals surface area contributed by atoms with E-state index in [-0.39, 0.29) is 0 Å². The molecule has 0 aliphatic carbocycles.